The van der Waals surface area contributed by atoms with Gasteiger partial charge in [-0.1, -0.05) is 11.6 Å². The lowest BCUT2D eigenvalue weighted by Gasteiger charge is -2.16. The molecular weight excluding hydrogens is 276 g/mol. The van der Waals surface area contributed by atoms with Crippen LogP contribution in [0.15, 0.2) is 12.1 Å². The molecule has 1 rings (SSSR count). The minimum Gasteiger partial charge on any atom is -0.404 e. The number of nitrogen functional groups attached to an aromatic ring is 1. The lowest BCUT2D eigenvalue weighted by molar-refractivity contribution is -0.274. The van der Waals surface area contributed by atoms with E-state index in [0.717, 1.165) is 0 Å². The van der Waals surface area contributed by atoms with E-state index in [2.05, 4.69) is 4.74 Å². The number of benzene rings is 1. The van der Waals surface area contributed by atoms with Crippen LogP contribution in [0, 0.1) is 0 Å². The van der Waals surface area contributed by atoms with E-state index in [4.69, 9.17) is 17.3 Å². The summed E-state index contributed by atoms with van der Waals surface area (Å²) in [5, 5.41) is -1.23. The van der Waals surface area contributed by atoms with Gasteiger partial charge in [-0.3, -0.25) is 0 Å². The van der Waals surface area contributed by atoms with Crippen molar-refractivity contribution in [1.82, 2.24) is 0 Å². The van der Waals surface area contributed by atoms with Gasteiger partial charge in [-0.15, -0.1) is 13.2 Å². The van der Waals surface area contributed by atoms with Gasteiger partial charge >= 0.3 is 12.5 Å². The van der Waals surface area contributed by atoms with Crippen molar-refractivity contribution in [1.29, 1.82) is 0 Å². The third-order valence-corrected chi connectivity index (χ3v) is 2.02. The fourth-order valence-corrected chi connectivity index (χ4v) is 1.38. The van der Waals surface area contributed by atoms with Gasteiger partial charge in [-0.2, -0.15) is 13.2 Å². The Balaban J connectivity index is 3.30. The molecule has 0 heterocycles. The van der Waals surface area contributed by atoms with Crippen LogP contribution in [0.3, 0.4) is 0 Å². The summed E-state index contributed by atoms with van der Waals surface area (Å²) in [4.78, 5) is 0. The number of anilines is 1. The SMILES string of the molecule is Nc1ccc(OC(F)(F)F)c(Cl)c1C(F)(F)F. The van der Waals surface area contributed by atoms with Gasteiger partial charge in [0.1, 0.15) is 11.3 Å². The molecule has 2 nitrogen and oxygen atoms in total. The Kier molecular flexibility index (Phi) is 3.37. The Morgan fingerprint density at radius 3 is 2.00 bits per heavy atom. The molecule has 0 radical (unpaired) electrons. The molecule has 17 heavy (non-hydrogen) atoms. The van der Waals surface area contributed by atoms with E-state index >= 15 is 0 Å². The van der Waals surface area contributed by atoms with Crippen LogP contribution in [0.2, 0.25) is 5.02 Å². The maximum atomic E-state index is 12.4. The van der Waals surface area contributed by atoms with Crippen molar-refractivity contribution in [3.8, 4) is 5.75 Å². The minimum absolute atomic E-state index is 0.612. The van der Waals surface area contributed by atoms with Crippen LogP contribution in [0.4, 0.5) is 32.0 Å². The second kappa shape index (κ2) is 4.17. The Bertz CT molecular complexity index is 427. The lowest BCUT2D eigenvalue weighted by Crippen LogP contribution is -2.19. The van der Waals surface area contributed by atoms with Crippen LogP contribution < -0.4 is 10.5 Å². The first-order chi connectivity index (χ1) is 7.52. The summed E-state index contributed by atoms with van der Waals surface area (Å²) in [7, 11) is 0. The quantitative estimate of drug-likeness (QED) is 0.626. The highest BCUT2D eigenvalue weighted by Gasteiger charge is 2.39. The molecular formula is C8H4ClF6NO. The fraction of sp³-hybridized carbons (Fsp3) is 0.250. The Morgan fingerprint density at radius 1 is 1.06 bits per heavy atom. The van der Waals surface area contributed by atoms with E-state index in [1.54, 1.807) is 0 Å². The van der Waals surface area contributed by atoms with Crippen molar-refractivity contribution >= 4 is 17.3 Å². The monoisotopic (exact) mass is 279 g/mol. The summed E-state index contributed by atoms with van der Waals surface area (Å²) >= 11 is 5.18. The number of hydrogen-bond acceptors (Lipinski definition) is 2. The molecule has 0 saturated heterocycles. The molecule has 0 bridgehead atoms. The molecule has 96 valence electrons. The maximum absolute atomic E-state index is 12.4. The highest BCUT2D eigenvalue weighted by molar-refractivity contribution is 6.33. The molecule has 0 atom stereocenters. The summed E-state index contributed by atoms with van der Waals surface area (Å²) in [6.45, 7) is 0. The van der Waals surface area contributed by atoms with E-state index in [-0.39, 0.29) is 0 Å². The van der Waals surface area contributed by atoms with Crippen molar-refractivity contribution in [3.63, 3.8) is 0 Å². The number of nitrogens with two attached hydrogens (primary N) is 1. The van der Waals surface area contributed by atoms with Gasteiger partial charge < -0.3 is 10.5 Å². The number of ether oxygens (including phenoxy) is 1. The highest BCUT2D eigenvalue weighted by Crippen LogP contribution is 2.43. The normalized spacial score (nSPS) is 12.6. The average Bonchev–Trinajstić information content (AvgIpc) is 2.06. The van der Waals surface area contributed by atoms with Gasteiger partial charge in [0.2, 0.25) is 0 Å². The van der Waals surface area contributed by atoms with Gasteiger partial charge in [-0.05, 0) is 12.1 Å². The fourth-order valence-electron chi connectivity index (χ4n) is 1.06. The number of hydrogen-bond donors (Lipinski definition) is 1. The van der Waals surface area contributed by atoms with Crippen molar-refractivity contribution in [2.75, 3.05) is 5.73 Å². The van der Waals surface area contributed by atoms with Crippen LogP contribution in [0.1, 0.15) is 5.56 Å². The molecule has 0 amide bonds. The Morgan fingerprint density at radius 2 is 1.59 bits per heavy atom. The van der Waals surface area contributed by atoms with Crippen molar-refractivity contribution in [2.45, 2.75) is 12.5 Å². The van der Waals surface area contributed by atoms with Gasteiger partial charge in [0.25, 0.3) is 0 Å². The van der Waals surface area contributed by atoms with Crippen molar-refractivity contribution < 1.29 is 31.1 Å². The molecule has 9 heteroatoms. The predicted molar refractivity (Wildman–Crippen MR) is 47.5 cm³/mol. The molecule has 0 aromatic heterocycles. The molecule has 0 aliphatic carbocycles. The second-order valence-corrected chi connectivity index (χ2v) is 3.27. The first-order valence-electron chi connectivity index (χ1n) is 3.93. The molecule has 0 aliphatic heterocycles. The summed E-state index contributed by atoms with van der Waals surface area (Å²) < 4.78 is 76.2. The summed E-state index contributed by atoms with van der Waals surface area (Å²) in [6.07, 6.45) is -10.1. The Hall–Kier alpha value is -1.31. The molecule has 1 aromatic carbocycles. The zero-order valence-electron chi connectivity index (χ0n) is 7.79. The zero-order valence-corrected chi connectivity index (χ0v) is 8.54. The van der Waals surface area contributed by atoms with Gasteiger partial charge in [0, 0.05) is 5.69 Å². The molecule has 2 N–H and O–H groups in total. The average molecular weight is 280 g/mol. The van der Waals surface area contributed by atoms with Crippen LogP contribution >= 0.6 is 11.6 Å². The van der Waals surface area contributed by atoms with Crippen LogP contribution in [0.5, 0.6) is 5.75 Å². The van der Waals surface area contributed by atoms with Gasteiger partial charge in [0.05, 0.1) is 5.02 Å². The highest BCUT2D eigenvalue weighted by atomic mass is 35.5. The number of alkyl halides is 6. The molecule has 0 unspecified atom stereocenters. The van der Waals surface area contributed by atoms with E-state index in [1.165, 1.54) is 0 Å². The van der Waals surface area contributed by atoms with Crippen LogP contribution in [-0.2, 0) is 6.18 Å². The first-order valence-corrected chi connectivity index (χ1v) is 4.31. The topological polar surface area (TPSA) is 35.2 Å². The predicted octanol–water partition coefficient (Wildman–Crippen LogP) is 3.84. The van der Waals surface area contributed by atoms with E-state index < -0.39 is 34.6 Å². The molecule has 0 saturated carbocycles. The summed E-state index contributed by atoms with van der Waals surface area (Å²) in [6, 6.07) is 1.25. The zero-order chi connectivity index (χ0) is 13.4. The third-order valence-electron chi connectivity index (χ3n) is 1.65. The molecule has 0 spiro atoms. The van der Waals surface area contributed by atoms with E-state index in [0.29, 0.717) is 12.1 Å². The van der Waals surface area contributed by atoms with Crippen molar-refractivity contribution in [2.24, 2.45) is 0 Å². The van der Waals surface area contributed by atoms with Crippen molar-refractivity contribution in [3.05, 3.63) is 22.7 Å². The Labute approximate surface area is 95.9 Å². The standard InChI is InChI=1S/C8H4ClF6NO/c9-6-4(17-8(13,14)15)2-1-3(16)5(6)7(10,11)12/h1-2H,16H2. The van der Waals surface area contributed by atoms with Crippen LogP contribution in [-0.4, -0.2) is 6.36 Å². The van der Waals surface area contributed by atoms with Crippen LogP contribution in [0.25, 0.3) is 0 Å². The number of rotatable bonds is 1. The minimum atomic E-state index is -5.14. The van der Waals surface area contributed by atoms with E-state index in [9.17, 15) is 26.3 Å². The van der Waals surface area contributed by atoms with Gasteiger partial charge in [-0.25, -0.2) is 0 Å². The molecule has 0 aliphatic rings. The maximum Gasteiger partial charge on any atom is 0.573 e. The second-order valence-electron chi connectivity index (χ2n) is 2.89. The summed E-state index contributed by atoms with van der Waals surface area (Å²) in [5.41, 5.74) is 2.66. The third kappa shape index (κ3) is 3.32. The first kappa shape index (κ1) is 13.8. The smallest absolute Gasteiger partial charge is 0.404 e. The summed E-state index contributed by atoms with van der Waals surface area (Å²) in [5.74, 6) is -1.15. The largest absolute Gasteiger partial charge is 0.573 e. The lowest BCUT2D eigenvalue weighted by atomic mass is 10.1. The number of halogens is 7. The van der Waals surface area contributed by atoms with Gasteiger partial charge in [0.15, 0.2) is 0 Å². The molecule has 0 fully saturated rings. The van der Waals surface area contributed by atoms with E-state index in [1.807, 2.05) is 0 Å². The molecule has 1 aromatic rings.